The van der Waals surface area contributed by atoms with Gasteiger partial charge in [0.15, 0.2) is 0 Å². The lowest BCUT2D eigenvalue weighted by Crippen LogP contribution is -1.76. The van der Waals surface area contributed by atoms with Gasteiger partial charge in [0, 0.05) is 25.7 Å². The maximum Gasteiger partial charge on any atom is 0.0495 e. The summed E-state index contributed by atoms with van der Waals surface area (Å²) in [5.41, 5.74) is 2.38. The minimum absolute atomic E-state index is 0.803. The van der Waals surface area contributed by atoms with Gasteiger partial charge in [0.2, 0.25) is 0 Å². The molecule has 2 aromatic rings. The number of halogens is 2. The highest BCUT2D eigenvalue weighted by atomic mass is 127. The number of hydrogen-bond donors (Lipinski definition) is 1. The van der Waals surface area contributed by atoms with Gasteiger partial charge in [0.05, 0.1) is 0 Å². The Balaban J connectivity index is 2.92. The monoisotopic (exact) mass is 291 g/mol. The normalized spacial score (nSPS) is 10.9. The van der Waals surface area contributed by atoms with Crippen LogP contribution in [0.4, 0.5) is 0 Å². The van der Waals surface area contributed by atoms with Crippen molar-refractivity contribution in [2.45, 2.75) is 6.92 Å². The average Bonchev–Trinajstić information content (AvgIpc) is 2.33. The summed E-state index contributed by atoms with van der Waals surface area (Å²) in [5.74, 6) is 0. The number of rotatable bonds is 0. The van der Waals surface area contributed by atoms with Crippen LogP contribution < -0.4 is 0 Å². The molecule has 1 aromatic heterocycles. The van der Waals surface area contributed by atoms with Gasteiger partial charge < -0.3 is 4.98 Å². The van der Waals surface area contributed by atoms with Gasteiger partial charge >= 0.3 is 0 Å². The molecule has 2 rings (SSSR count). The molecule has 0 saturated heterocycles. The highest BCUT2D eigenvalue weighted by Gasteiger charge is 2.03. The molecule has 12 heavy (non-hydrogen) atoms. The standard InChI is InChI=1S/C9H7ClIN/c1-5-2-6(10)3-7-8(11)4-12-9(5)7/h2-4,12H,1H3. The van der Waals surface area contributed by atoms with Gasteiger partial charge in [0.25, 0.3) is 0 Å². The lowest BCUT2D eigenvalue weighted by molar-refractivity contribution is 1.41. The molecule has 1 aromatic carbocycles. The van der Waals surface area contributed by atoms with Gasteiger partial charge in [-0.2, -0.15) is 0 Å². The molecule has 0 saturated carbocycles. The van der Waals surface area contributed by atoms with Crippen molar-refractivity contribution < 1.29 is 0 Å². The van der Waals surface area contributed by atoms with E-state index >= 15 is 0 Å². The van der Waals surface area contributed by atoms with Crippen LogP contribution in [0.25, 0.3) is 10.9 Å². The van der Waals surface area contributed by atoms with Gasteiger partial charge in [-0.1, -0.05) is 11.6 Å². The molecule has 0 radical (unpaired) electrons. The highest BCUT2D eigenvalue weighted by molar-refractivity contribution is 14.1. The lowest BCUT2D eigenvalue weighted by atomic mass is 10.2. The van der Waals surface area contributed by atoms with Crippen LogP contribution in [0, 0.1) is 10.5 Å². The molecule has 0 fully saturated rings. The average molecular weight is 292 g/mol. The van der Waals surface area contributed by atoms with E-state index in [1.807, 2.05) is 18.3 Å². The lowest BCUT2D eigenvalue weighted by Gasteiger charge is -1.97. The first-order valence-corrected chi connectivity index (χ1v) is 5.07. The van der Waals surface area contributed by atoms with Gasteiger partial charge in [0.1, 0.15) is 0 Å². The first kappa shape index (κ1) is 8.38. The molecular weight excluding hydrogens is 284 g/mol. The first-order valence-electron chi connectivity index (χ1n) is 3.61. The van der Waals surface area contributed by atoms with Crippen molar-refractivity contribution in [2.75, 3.05) is 0 Å². The van der Waals surface area contributed by atoms with Crippen molar-refractivity contribution in [2.24, 2.45) is 0 Å². The van der Waals surface area contributed by atoms with Crippen LogP contribution in [0.15, 0.2) is 18.3 Å². The molecule has 0 spiro atoms. The van der Waals surface area contributed by atoms with E-state index in [-0.39, 0.29) is 0 Å². The van der Waals surface area contributed by atoms with Gasteiger partial charge in [-0.25, -0.2) is 0 Å². The molecule has 1 nitrogen and oxygen atoms in total. The Bertz CT molecular complexity index is 433. The summed E-state index contributed by atoms with van der Waals surface area (Å²) in [4.78, 5) is 3.22. The zero-order chi connectivity index (χ0) is 8.72. The van der Waals surface area contributed by atoms with Crippen molar-refractivity contribution in [3.63, 3.8) is 0 Å². The summed E-state index contributed by atoms with van der Waals surface area (Å²) >= 11 is 8.23. The molecule has 0 amide bonds. The maximum atomic E-state index is 5.94. The fourth-order valence-electron chi connectivity index (χ4n) is 1.34. The number of aryl methyl sites for hydroxylation is 1. The number of hydrogen-bond acceptors (Lipinski definition) is 0. The Hall–Kier alpha value is -0.220. The van der Waals surface area contributed by atoms with Gasteiger partial charge in [-0.15, -0.1) is 0 Å². The van der Waals surface area contributed by atoms with Crippen molar-refractivity contribution >= 4 is 45.1 Å². The quantitative estimate of drug-likeness (QED) is 0.712. The molecule has 0 aliphatic rings. The second-order valence-corrected chi connectivity index (χ2v) is 4.38. The summed E-state index contributed by atoms with van der Waals surface area (Å²) in [6.07, 6.45) is 1.99. The Labute approximate surface area is 89.3 Å². The Morgan fingerprint density at radius 1 is 1.42 bits per heavy atom. The molecule has 1 heterocycles. The third kappa shape index (κ3) is 1.23. The first-order chi connectivity index (χ1) is 5.68. The molecule has 0 atom stereocenters. The van der Waals surface area contributed by atoms with Crippen LogP contribution >= 0.6 is 34.2 Å². The second-order valence-electron chi connectivity index (χ2n) is 2.78. The smallest absolute Gasteiger partial charge is 0.0495 e. The molecule has 3 heteroatoms. The van der Waals surface area contributed by atoms with E-state index in [2.05, 4.69) is 34.5 Å². The predicted molar refractivity (Wildman–Crippen MR) is 60.8 cm³/mol. The summed E-state index contributed by atoms with van der Waals surface area (Å²) in [6, 6.07) is 3.96. The Morgan fingerprint density at radius 2 is 2.17 bits per heavy atom. The highest BCUT2D eigenvalue weighted by Crippen LogP contribution is 2.26. The minimum Gasteiger partial charge on any atom is -0.360 e. The van der Waals surface area contributed by atoms with Crippen LogP contribution in [-0.4, -0.2) is 4.98 Å². The zero-order valence-corrected chi connectivity index (χ0v) is 9.40. The van der Waals surface area contributed by atoms with Crippen molar-refractivity contribution in [3.8, 4) is 0 Å². The van der Waals surface area contributed by atoms with Crippen LogP contribution in [0.5, 0.6) is 0 Å². The number of aromatic amines is 1. The Kier molecular flexibility index (Phi) is 2.04. The zero-order valence-electron chi connectivity index (χ0n) is 6.49. The minimum atomic E-state index is 0.803. The van der Waals surface area contributed by atoms with Crippen LogP contribution in [0.2, 0.25) is 5.02 Å². The fourth-order valence-corrected chi connectivity index (χ4v) is 2.19. The number of benzene rings is 1. The number of nitrogens with one attached hydrogen (secondary N) is 1. The van der Waals surface area contributed by atoms with Crippen LogP contribution in [0.1, 0.15) is 5.56 Å². The predicted octanol–water partition coefficient (Wildman–Crippen LogP) is 3.73. The summed E-state index contributed by atoms with van der Waals surface area (Å²) in [7, 11) is 0. The molecule has 0 bridgehead atoms. The second kappa shape index (κ2) is 2.92. The van der Waals surface area contributed by atoms with Crippen molar-refractivity contribution in [3.05, 3.63) is 32.5 Å². The SMILES string of the molecule is Cc1cc(Cl)cc2c(I)c[nH]c12. The summed E-state index contributed by atoms with van der Waals surface area (Å²) in [5, 5.41) is 2.01. The molecule has 1 N–H and O–H groups in total. The van der Waals surface area contributed by atoms with Crippen molar-refractivity contribution in [1.82, 2.24) is 4.98 Å². The van der Waals surface area contributed by atoms with E-state index in [1.165, 1.54) is 20.0 Å². The molecule has 0 aliphatic carbocycles. The summed E-state index contributed by atoms with van der Waals surface area (Å²) < 4.78 is 1.22. The van der Waals surface area contributed by atoms with Crippen LogP contribution in [0.3, 0.4) is 0 Å². The van der Waals surface area contributed by atoms with Crippen LogP contribution in [-0.2, 0) is 0 Å². The maximum absolute atomic E-state index is 5.94. The number of fused-ring (bicyclic) bond motifs is 1. The largest absolute Gasteiger partial charge is 0.360 e. The third-order valence-electron chi connectivity index (χ3n) is 1.90. The molecular formula is C9H7ClIN. The summed E-state index contributed by atoms with van der Waals surface area (Å²) in [6.45, 7) is 2.06. The number of aromatic nitrogens is 1. The fraction of sp³-hybridized carbons (Fsp3) is 0.111. The van der Waals surface area contributed by atoms with E-state index in [4.69, 9.17) is 11.6 Å². The third-order valence-corrected chi connectivity index (χ3v) is 3.01. The van der Waals surface area contributed by atoms with Crippen molar-refractivity contribution in [1.29, 1.82) is 0 Å². The van der Waals surface area contributed by atoms with E-state index in [1.54, 1.807) is 0 Å². The van der Waals surface area contributed by atoms with E-state index < -0.39 is 0 Å². The molecule has 0 aliphatic heterocycles. The molecule has 62 valence electrons. The van der Waals surface area contributed by atoms with Gasteiger partial charge in [-0.05, 0) is 47.2 Å². The molecule has 0 unspecified atom stereocenters. The van der Waals surface area contributed by atoms with E-state index in [0.29, 0.717) is 0 Å². The number of H-pyrrole nitrogens is 1. The van der Waals surface area contributed by atoms with Gasteiger partial charge in [-0.3, -0.25) is 0 Å². The topological polar surface area (TPSA) is 15.8 Å². The van der Waals surface area contributed by atoms with E-state index in [0.717, 1.165) is 5.02 Å². The Morgan fingerprint density at radius 3 is 2.92 bits per heavy atom. The van der Waals surface area contributed by atoms with E-state index in [9.17, 15) is 0 Å².